The summed E-state index contributed by atoms with van der Waals surface area (Å²) in [6, 6.07) is 9.26. The first kappa shape index (κ1) is 20.3. The van der Waals surface area contributed by atoms with Crippen molar-refractivity contribution in [2.24, 2.45) is 0 Å². The number of methoxy groups -OCH3 is 3. The summed E-state index contributed by atoms with van der Waals surface area (Å²) in [4.78, 5) is 14.8. The number of fused-ring (bicyclic) bond motifs is 1. The molecule has 1 atom stereocenters. The smallest absolute Gasteiger partial charge is 0.247 e. The van der Waals surface area contributed by atoms with E-state index >= 15 is 0 Å². The number of rotatable bonds is 6. The minimum atomic E-state index is -0.173. The largest absolute Gasteiger partial charge is 0.496 e. The Bertz CT molecular complexity index is 976. The van der Waals surface area contributed by atoms with Crippen LogP contribution in [0.4, 0.5) is 0 Å². The molecular formula is C22H23NO6S. The number of amides is 1. The van der Waals surface area contributed by atoms with Crippen LogP contribution in [-0.2, 0) is 4.79 Å². The van der Waals surface area contributed by atoms with E-state index in [9.17, 15) is 4.79 Å². The fourth-order valence-corrected chi connectivity index (χ4v) is 4.76. The molecule has 0 spiro atoms. The molecule has 2 aromatic rings. The first-order chi connectivity index (χ1) is 14.6. The summed E-state index contributed by atoms with van der Waals surface area (Å²) < 4.78 is 27.1. The maximum atomic E-state index is 13.0. The third-order valence-corrected chi connectivity index (χ3v) is 6.23. The van der Waals surface area contributed by atoms with Crippen molar-refractivity contribution in [2.75, 3.05) is 40.4 Å². The van der Waals surface area contributed by atoms with Gasteiger partial charge in [-0.2, -0.15) is 0 Å². The van der Waals surface area contributed by atoms with Gasteiger partial charge in [0.1, 0.15) is 11.1 Å². The van der Waals surface area contributed by atoms with Gasteiger partial charge < -0.3 is 28.6 Å². The molecule has 4 rings (SSSR count). The van der Waals surface area contributed by atoms with Gasteiger partial charge in [-0.15, -0.1) is 11.8 Å². The van der Waals surface area contributed by atoms with Gasteiger partial charge in [-0.3, -0.25) is 4.79 Å². The van der Waals surface area contributed by atoms with Crippen LogP contribution in [-0.4, -0.2) is 51.2 Å². The van der Waals surface area contributed by atoms with Gasteiger partial charge in [-0.25, -0.2) is 0 Å². The van der Waals surface area contributed by atoms with Gasteiger partial charge in [-0.05, 0) is 29.8 Å². The quantitative estimate of drug-likeness (QED) is 0.648. The van der Waals surface area contributed by atoms with Gasteiger partial charge in [0, 0.05) is 30.0 Å². The van der Waals surface area contributed by atoms with Gasteiger partial charge in [0.25, 0.3) is 0 Å². The summed E-state index contributed by atoms with van der Waals surface area (Å²) in [6.07, 6.45) is 3.37. The van der Waals surface area contributed by atoms with Crippen LogP contribution in [0.15, 0.2) is 36.4 Å². The molecule has 158 valence electrons. The van der Waals surface area contributed by atoms with Crippen LogP contribution in [0.5, 0.6) is 28.7 Å². The van der Waals surface area contributed by atoms with Crippen LogP contribution in [0.3, 0.4) is 0 Å². The highest BCUT2D eigenvalue weighted by molar-refractivity contribution is 7.99. The molecule has 30 heavy (non-hydrogen) atoms. The Morgan fingerprint density at radius 1 is 1.03 bits per heavy atom. The highest BCUT2D eigenvalue weighted by Gasteiger charge is 2.32. The predicted octanol–water partition coefficient (Wildman–Crippen LogP) is 3.73. The van der Waals surface area contributed by atoms with Gasteiger partial charge in [-0.1, -0.05) is 6.07 Å². The molecule has 2 aliphatic heterocycles. The van der Waals surface area contributed by atoms with Gasteiger partial charge >= 0.3 is 0 Å². The fourth-order valence-electron chi connectivity index (χ4n) is 3.48. The van der Waals surface area contributed by atoms with E-state index in [4.69, 9.17) is 23.7 Å². The van der Waals surface area contributed by atoms with E-state index in [1.165, 1.54) is 0 Å². The number of benzene rings is 2. The average Bonchev–Trinajstić information content (AvgIpc) is 3.45. The van der Waals surface area contributed by atoms with E-state index in [0.717, 1.165) is 22.6 Å². The monoisotopic (exact) mass is 429 g/mol. The summed E-state index contributed by atoms with van der Waals surface area (Å²) in [5.74, 6) is 4.02. The van der Waals surface area contributed by atoms with Gasteiger partial charge in [0.05, 0.1) is 21.3 Å². The van der Waals surface area contributed by atoms with Crippen molar-refractivity contribution in [3.05, 3.63) is 47.5 Å². The lowest BCUT2D eigenvalue weighted by Gasteiger charge is -2.25. The highest BCUT2D eigenvalue weighted by Crippen LogP contribution is 2.46. The van der Waals surface area contributed by atoms with Crippen molar-refractivity contribution < 1.29 is 28.5 Å². The summed E-state index contributed by atoms with van der Waals surface area (Å²) in [7, 11) is 4.78. The molecule has 0 aliphatic carbocycles. The summed E-state index contributed by atoms with van der Waals surface area (Å²) >= 11 is 1.69. The number of hydrogen-bond donors (Lipinski definition) is 0. The number of ether oxygens (including phenoxy) is 5. The molecule has 1 unspecified atom stereocenters. The zero-order valence-corrected chi connectivity index (χ0v) is 17.9. The molecule has 0 aromatic heterocycles. The second-order valence-electron chi connectivity index (χ2n) is 6.65. The van der Waals surface area contributed by atoms with Crippen molar-refractivity contribution in [2.45, 2.75) is 5.37 Å². The molecule has 0 N–H and O–H groups in total. The maximum Gasteiger partial charge on any atom is 0.247 e. The molecule has 2 aromatic carbocycles. The number of carbonyl (C=O) groups excluding carboxylic acids is 1. The minimum Gasteiger partial charge on any atom is -0.496 e. The first-order valence-corrected chi connectivity index (χ1v) is 10.5. The third kappa shape index (κ3) is 3.87. The number of thioether (sulfide) groups is 1. The Kier molecular flexibility index (Phi) is 5.94. The number of nitrogens with zero attached hydrogens (tertiary/aromatic N) is 1. The first-order valence-electron chi connectivity index (χ1n) is 9.44. The predicted molar refractivity (Wildman–Crippen MR) is 115 cm³/mol. The molecule has 0 radical (unpaired) electrons. The third-order valence-electron chi connectivity index (χ3n) is 4.99. The zero-order valence-electron chi connectivity index (χ0n) is 17.0. The van der Waals surface area contributed by atoms with Crippen LogP contribution in [0.25, 0.3) is 6.08 Å². The van der Waals surface area contributed by atoms with Crippen molar-refractivity contribution in [3.63, 3.8) is 0 Å². The number of hydrogen-bond acceptors (Lipinski definition) is 7. The molecule has 2 aliphatic rings. The Morgan fingerprint density at radius 2 is 1.77 bits per heavy atom. The lowest BCUT2D eigenvalue weighted by Crippen LogP contribution is -2.29. The Hall–Kier alpha value is -3.00. The van der Waals surface area contributed by atoms with E-state index in [0.29, 0.717) is 29.5 Å². The number of carbonyl (C=O) groups is 1. The van der Waals surface area contributed by atoms with Crippen LogP contribution in [0.2, 0.25) is 0 Å². The Morgan fingerprint density at radius 3 is 2.53 bits per heavy atom. The second-order valence-corrected chi connectivity index (χ2v) is 7.84. The molecule has 8 heteroatoms. The van der Waals surface area contributed by atoms with Crippen LogP contribution in [0.1, 0.15) is 16.5 Å². The standard InChI is InChI=1S/C22H23NO6S/c1-25-17-12-19(27-3)18(26-2)11-15(17)22-23(8-9-30-22)21(24)7-5-14-4-6-16-20(10-14)29-13-28-16/h4-7,10-12,22H,8-9,13H2,1-3H3/b7-5+. The Labute approximate surface area is 179 Å². The molecule has 0 bridgehead atoms. The van der Waals surface area contributed by atoms with Crippen LogP contribution < -0.4 is 23.7 Å². The van der Waals surface area contributed by atoms with Crippen molar-refractivity contribution >= 4 is 23.7 Å². The molecular weight excluding hydrogens is 406 g/mol. The second kappa shape index (κ2) is 8.79. The Balaban J connectivity index is 1.57. The SMILES string of the molecule is COc1cc(OC)c(C2SCCN2C(=O)/C=C/c2ccc3c(c2)OCO3)cc1OC. The summed E-state index contributed by atoms with van der Waals surface area (Å²) in [6.45, 7) is 0.873. The summed E-state index contributed by atoms with van der Waals surface area (Å²) in [5, 5.41) is -0.173. The topological polar surface area (TPSA) is 66.5 Å². The van der Waals surface area contributed by atoms with Crippen LogP contribution in [0, 0.1) is 0 Å². The highest BCUT2D eigenvalue weighted by atomic mass is 32.2. The van der Waals surface area contributed by atoms with Gasteiger partial charge in [0.2, 0.25) is 12.7 Å². The normalized spacial score (nSPS) is 17.4. The maximum absolute atomic E-state index is 13.0. The molecule has 7 nitrogen and oxygen atoms in total. The van der Waals surface area contributed by atoms with E-state index in [1.54, 1.807) is 51.3 Å². The molecule has 2 heterocycles. The lowest BCUT2D eigenvalue weighted by molar-refractivity contribution is -0.126. The average molecular weight is 429 g/mol. The van der Waals surface area contributed by atoms with E-state index in [1.807, 2.05) is 29.2 Å². The molecule has 1 amide bonds. The van der Waals surface area contributed by atoms with E-state index in [2.05, 4.69) is 0 Å². The minimum absolute atomic E-state index is 0.0699. The van der Waals surface area contributed by atoms with Crippen molar-refractivity contribution in [1.82, 2.24) is 4.90 Å². The lowest BCUT2D eigenvalue weighted by atomic mass is 10.1. The van der Waals surface area contributed by atoms with Crippen molar-refractivity contribution in [3.8, 4) is 28.7 Å². The molecule has 1 fully saturated rings. The zero-order chi connectivity index (χ0) is 21.1. The molecule has 0 saturated carbocycles. The van der Waals surface area contributed by atoms with Crippen molar-refractivity contribution in [1.29, 1.82) is 0 Å². The van der Waals surface area contributed by atoms with Crippen LogP contribution >= 0.6 is 11.8 Å². The van der Waals surface area contributed by atoms with E-state index < -0.39 is 0 Å². The van der Waals surface area contributed by atoms with Gasteiger partial charge in [0.15, 0.2) is 23.0 Å². The van der Waals surface area contributed by atoms with E-state index in [-0.39, 0.29) is 18.1 Å². The fraction of sp³-hybridized carbons (Fsp3) is 0.318. The summed E-state index contributed by atoms with van der Waals surface area (Å²) in [5.41, 5.74) is 1.75. The molecule has 1 saturated heterocycles.